The SMILES string of the molecule is COc1ccc(CCN(C)C(=O)c2cc(-c3cccs3)nn2C)cc1OC. The van der Waals surface area contributed by atoms with E-state index in [1.54, 1.807) is 49.2 Å². The summed E-state index contributed by atoms with van der Waals surface area (Å²) in [5.74, 6) is 1.34. The number of hydrogen-bond acceptors (Lipinski definition) is 5. The molecule has 6 nitrogen and oxygen atoms in total. The molecular formula is C20H23N3O3S. The molecule has 0 radical (unpaired) electrons. The predicted octanol–water partition coefficient (Wildman–Crippen LogP) is 3.48. The molecule has 0 unspecified atom stereocenters. The Morgan fingerprint density at radius 3 is 2.63 bits per heavy atom. The summed E-state index contributed by atoms with van der Waals surface area (Å²) < 4.78 is 12.2. The number of likely N-dealkylation sites (N-methyl/N-ethyl adjacent to an activating group) is 1. The average molecular weight is 385 g/mol. The number of aromatic nitrogens is 2. The fourth-order valence-corrected chi connectivity index (χ4v) is 3.52. The zero-order valence-corrected chi connectivity index (χ0v) is 16.7. The third kappa shape index (κ3) is 4.14. The maximum Gasteiger partial charge on any atom is 0.271 e. The summed E-state index contributed by atoms with van der Waals surface area (Å²) in [5, 5.41) is 6.47. The molecule has 0 aliphatic heterocycles. The number of aryl methyl sites for hydroxylation is 1. The molecule has 0 aliphatic rings. The molecule has 0 fully saturated rings. The van der Waals surface area contributed by atoms with Crippen molar-refractivity contribution in [3.8, 4) is 22.1 Å². The van der Waals surface area contributed by atoms with Crippen LogP contribution < -0.4 is 9.47 Å². The van der Waals surface area contributed by atoms with Crippen molar-refractivity contribution in [1.29, 1.82) is 0 Å². The van der Waals surface area contributed by atoms with Gasteiger partial charge in [0.2, 0.25) is 0 Å². The van der Waals surface area contributed by atoms with E-state index in [0.717, 1.165) is 22.6 Å². The highest BCUT2D eigenvalue weighted by molar-refractivity contribution is 7.13. The van der Waals surface area contributed by atoms with E-state index >= 15 is 0 Å². The Hall–Kier alpha value is -2.80. The highest BCUT2D eigenvalue weighted by Gasteiger charge is 2.18. The van der Waals surface area contributed by atoms with Gasteiger partial charge in [-0.3, -0.25) is 9.48 Å². The number of hydrogen-bond donors (Lipinski definition) is 0. The fraction of sp³-hybridized carbons (Fsp3) is 0.300. The summed E-state index contributed by atoms with van der Waals surface area (Å²) in [4.78, 5) is 15.6. The number of thiophene rings is 1. The number of rotatable bonds is 7. The van der Waals surface area contributed by atoms with Crippen LogP contribution in [-0.2, 0) is 13.5 Å². The van der Waals surface area contributed by atoms with E-state index in [1.807, 2.05) is 41.8 Å². The van der Waals surface area contributed by atoms with Gasteiger partial charge in [-0.25, -0.2) is 0 Å². The van der Waals surface area contributed by atoms with E-state index < -0.39 is 0 Å². The van der Waals surface area contributed by atoms with Gasteiger partial charge < -0.3 is 14.4 Å². The van der Waals surface area contributed by atoms with Gasteiger partial charge in [0.1, 0.15) is 11.4 Å². The van der Waals surface area contributed by atoms with E-state index in [4.69, 9.17) is 9.47 Å². The summed E-state index contributed by atoms with van der Waals surface area (Å²) in [6.07, 6.45) is 0.720. The molecule has 2 aromatic heterocycles. The summed E-state index contributed by atoms with van der Waals surface area (Å²) in [7, 11) is 6.83. The maximum absolute atomic E-state index is 12.8. The molecule has 0 N–H and O–H groups in total. The normalized spacial score (nSPS) is 10.7. The summed E-state index contributed by atoms with van der Waals surface area (Å²) in [6, 6.07) is 11.6. The lowest BCUT2D eigenvalue weighted by atomic mass is 10.1. The van der Waals surface area contributed by atoms with Crippen LogP contribution in [0.4, 0.5) is 0 Å². The third-order valence-electron chi connectivity index (χ3n) is 4.40. The van der Waals surface area contributed by atoms with Gasteiger partial charge in [0.25, 0.3) is 5.91 Å². The molecule has 0 spiro atoms. The number of carbonyl (C=O) groups excluding carboxylic acids is 1. The predicted molar refractivity (Wildman–Crippen MR) is 107 cm³/mol. The zero-order chi connectivity index (χ0) is 19.4. The van der Waals surface area contributed by atoms with E-state index in [9.17, 15) is 4.79 Å². The van der Waals surface area contributed by atoms with Crippen molar-refractivity contribution in [2.75, 3.05) is 27.8 Å². The molecule has 142 valence electrons. The molecule has 1 amide bonds. The van der Waals surface area contributed by atoms with Crippen LogP contribution >= 0.6 is 11.3 Å². The van der Waals surface area contributed by atoms with Crippen molar-refractivity contribution in [3.05, 3.63) is 53.0 Å². The number of methoxy groups -OCH3 is 2. The van der Waals surface area contributed by atoms with Crippen molar-refractivity contribution >= 4 is 17.2 Å². The minimum atomic E-state index is -0.0479. The maximum atomic E-state index is 12.8. The van der Waals surface area contributed by atoms with Gasteiger partial charge in [-0.05, 0) is 41.6 Å². The minimum absolute atomic E-state index is 0.0479. The fourth-order valence-electron chi connectivity index (χ4n) is 2.84. The lowest BCUT2D eigenvalue weighted by Gasteiger charge is -2.17. The molecule has 0 aliphatic carbocycles. The molecule has 3 rings (SSSR count). The van der Waals surface area contributed by atoms with Crippen LogP contribution in [0.5, 0.6) is 11.5 Å². The Morgan fingerprint density at radius 1 is 1.19 bits per heavy atom. The Kier molecular flexibility index (Phi) is 5.81. The number of carbonyl (C=O) groups is 1. The highest BCUT2D eigenvalue weighted by Crippen LogP contribution is 2.28. The molecule has 1 aromatic carbocycles. The second-order valence-electron chi connectivity index (χ2n) is 6.18. The summed E-state index contributed by atoms with van der Waals surface area (Å²) in [5.41, 5.74) is 2.48. The van der Waals surface area contributed by atoms with Gasteiger partial charge in [-0.1, -0.05) is 12.1 Å². The van der Waals surface area contributed by atoms with Gasteiger partial charge in [-0.2, -0.15) is 5.10 Å². The van der Waals surface area contributed by atoms with Crippen molar-refractivity contribution in [2.45, 2.75) is 6.42 Å². The molecule has 7 heteroatoms. The molecule has 0 bridgehead atoms. The quantitative estimate of drug-likeness (QED) is 0.625. The Labute approximate surface area is 162 Å². The highest BCUT2D eigenvalue weighted by atomic mass is 32.1. The first-order valence-corrected chi connectivity index (χ1v) is 9.45. The first kappa shape index (κ1) is 19.0. The van der Waals surface area contributed by atoms with Crippen LogP contribution in [0, 0.1) is 0 Å². The van der Waals surface area contributed by atoms with Crippen molar-refractivity contribution in [3.63, 3.8) is 0 Å². The van der Waals surface area contributed by atoms with E-state index in [2.05, 4.69) is 5.10 Å². The smallest absolute Gasteiger partial charge is 0.271 e. The molecule has 0 saturated carbocycles. The zero-order valence-electron chi connectivity index (χ0n) is 15.9. The molecule has 2 heterocycles. The second-order valence-corrected chi connectivity index (χ2v) is 7.13. The minimum Gasteiger partial charge on any atom is -0.493 e. The van der Waals surface area contributed by atoms with Gasteiger partial charge in [-0.15, -0.1) is 11.3 Å². The second kappa shape index (κ2) is 8.26. The van der Waals surface area contributed by atoms with Crippen LogP contribution in [0.25, 0.3) is 10.6 Å². The van der Waals surface area contributed by atoms with E-state index in [0.29, 0.717) is 23.7 Å². The van der Waals surface area contributed by atoms with Crippen LogP contribution in [0.1, 0.15) is 16.1 Å². The Morgan fingerprint density at radius 2 is 1.96 bits per heavy atom. The topological polar surface area (TPSA) is 56.6 Å². The first-order valence-electron chi connectivity index (χ1n) is 8.57. The van der Waals surface area contributed by atoms with Crippen LogP contribution in [0.2, 0.25) is 0 Å². The van der Waals surface area contributed by atoms with Crippen LogP contribution in [-0.4, -0.2) is 48.4 Å². The van der Waals surface area contributed by atoms with Crippen molar-refractivity contribution < 1.29 is 14.3 Å². The molecule has 3 aromatic rings. The van der Waals surface area contributed by atoms with E-state index in [-0.39, 0.29) is 5.91 Å². The molecular weight excluding hydrogens is 362 g/mol. The number of benzene rings is 1. The Bertz CT molecular complexity index is 919. The van der Waals surface area contributed by atoms with Gasteiger partial charge in [0.05, 0.1) is 19.1 Å². The number of ether oxygens (including phenoxy) is 2. The van der Waals surface area contributed by atoms with Crippen LogP contribution in [0.15, 0.2) is 41.8 Å². The lowest BCUT2D eigenvalue weighted by Crippen LogP contribution is -2.30. The van der Waals surface area contributed by atoms with E-state index in [1.165, 1.54) is 0 Å². The summed E-state index contributed by atoms with van der Waals surface area (Å²) >= 11 is 1.61. The molecule has 0 atom stereocenters. The lowest BCUT2D eigenvalue weighted by molar-refractivity contribution is 0.0786. The van der Waals surface area contributed by atoms with Gasteiger partial charge >= 0.3 is 0 Å². The largest absolute Gasteiger partial charge is 0.493 e. The van der Waals surface area contributed by atoms with Crippen LogP contribution in [0.3, 0.4) is 0 Å². The third-order valence-corrected chi connectivity index (χ3v) is 5.30. The van der Waals surface area contributed by atoms with Gasteiger partial charge in [0, 0.05) is 20.6 Å². The standard InChI is InChI=1S/C20H23N3O3S/c1-22(10-9-14-7-8-17(25-3)18(12-14)26-4)20(24)16-13-15(21-23(16)2)19-6-5-11-27-19/h5-8,11-13H,9-10H2,1-4H3. The monoisotopic (exact) mass is 385 g/mol. The molecule has 27 heavy (non-hydrogen) atoms. The summed E-state index contributed by atoms with van der Waals surface area (Å²) in [6.45, 7) is 0.591. The first-order chi connectivity index (χ1) is 13.0. The average Bonchev–Trinajstić information content (AvgIpc) is 3.34. The van der Waals surface area contributed by atoms with Crippen molar-refractivity contribution in [2.24, 2.45) is 7.05 Å². The van der Waals surface area contributed by atoms with Gasteiger partial charge in [0.15, 0.2) is 11.5 Å². The molecule has 0 saturated heterocycles. The van der Waals surface area contributed by atoms with Crippen molar-refractivity contribution in [1.82, 2.24) is 14.7 Å². The Balaban J connectivity index is 1.68. The number of nitrogens with zero attached hydrogens (tertiary/aromatic N) is 3. The number of amides is 1.